The molecule has 0 spiro atoms. The Hall–Kier alpha value is -1.80. The third-order valence-electron chi connectivity index (χ3n) is 3.60. The molecule has 0 heterocycles. The number of methoxy groups -OCH3 is 1. The Morgan fingerprint density at radius 2 is 1.82 bits per heavy atom. The lowest BCUT2D eigenvalue weighted by molar-refractivity contribution is 0.416. The molecule has 2 aromatic rings. The fourth-order valence-corrected chi connectivity index (χ4v) is 2.88. The van der Waals surface area contributed by atoms with Gasteiger partial charge in [-0.25, -0.2) is 4.39 Å². The second-order valence-electron chi connectivity index (χ2n) is 5.43. The van der Waals surface area contributed by atoms with Gasteiger partial charge >= 0.3 is 0 Å². The van der Waals surface area contributed by atoms with E-state index in [1.807, 2.05) is 25.1 Å². The zero-order chi connectivity index (χ0) is 16.3. The summed E-state index contributed by atoms with van der Waals surface area (Å²) < 4.78 is 18.8. The van der Waals surface area contributed by atoms with Crippen LogP contribution in [0.3, 0.4) is 0 Å². The van der Waals surface area contributed by atoms with Crippen molar-refractivity contribution >= 4 is 17.7 Å². The lowest BCUT2D eigenvalue weighted by Gasteiger charge is -2.20. The van der Waals surface area contributed by atoms with Gasteiger partial charge in [0.25, 0.3) is 0 Å². The van der Waals surface area contributed by atoms with Gasteiger partial charge in [-0.15, -0.1) is 0 Å². The molecule has 0 bridgehead atoms. The molecule has 0 radical (unpaired) electrons. The molecule has 3 heteroatoms. The molecule has 0 atom stereocenters. The lowest BCUT2D eigenvalue weighted by Crippen LogP contribution is -1.99. The van der Waals surface area contributed by atoms with Crippen molar-refractivity contribution in [2.24, 2.45) is 0 Å². The fraction of sp³-hybridized carbons (Fsp3) is 0.263. The van der Waals surface area contributed by atoms with Crippen molar-refractivity contribution < 1.29 is 9.13 Å². The molecular weight excluding hydrogens is 299 g/mol. The van der Waals surface area contributed by atoms with Crippen LogP contribution in [0.25, 0.3) is 17.2 Å². The molecule has 116 valence electrons. The van der Waals surface area contributed by atoms with Crippen molar-refractivity contribution in [3.8, 4) is 16.9 Å². The van der Waals surface area contributed by atoms with Crippen molar-refractivity contribution in [3.05, 3.63) is 58.4 Å². The highest BCUT2D eigenvalue weighted by molar-refractivity contribution is 6.32. The Morgan fingerprint density at radius 3 is 2.32 bits per heavy atom. The molecular formula is C19H20ClFO. The quantitative estimate of drug-likeness (QED) is 0.641. The van der Waals surface area contributed by atoms with Crippen LogP contribution in [0, 0.1) is 5.82 Å². The maximum Gasteiger partial charge on any atom is 0.145 e. The monoisotopic (exact) mass is 318 g/mol. The summed E-state index contributed by atoms with van der Waals surface area (Å²) in [6.45, 7) is 6.22. The number of hydrogen-bond donors (Lipinski definition) is 0. The van der Waals surface area contributed by atoms with Gasteiger partial charge < -0.3 is 4.74 Å². The van der Waals surface area contributed by atoms with Crippen molar-refractivity contribution in [2.75, 3.05) is 7.11 Å². The predicted octanol–water partition coefficient (Wildman–Crippen LogP) is 6.31. The van der Waals surface area contributed by atoms with E-state index >= 15 is 0 Å². The third-order valence-corrected chi connectivity index (χ3v) is 3.88. The zero-order valence-electron chi connectivity index (χ0n) is 13.3. The minimum absolute atomic E-state index is 0.263. The molecule has 0 aromatic heterocycles. The molecule has 0 unspecified atom stereocenters. The SMILES string of the molecule is C/C=C/c1c(C(C)C)cc(Cl)c(OC)c1-c1ccc(F)cc1. The third kappa shape index (κ3) is 3.17. The van der Waals surface area contributed by atoms with Crippen LogP contribution in [-0.2, 0) is 0 Å². The fourth-order valence-electron chi connectivity index (χ4n) is 2.59. The Bertz CT molecular complexity index is 688. The van der Waals surface area contributed by atoms with Crippen LogP contribution in [0.4, 0.5) is 4.39 Å². The highest BCUT2D eigenvalue weighted by Gasteiger charge is 2.19. The van der Waals surface area contributed by atoms with Crippen LogP contribution >= 0.6 is 11.6 Å². The first-order valence-corrected chi connectivity index (χ1v) is 7.66. The molecule has 2 rings (SSSR count). The second-order valence-corrected chi connectivity index (χ2v) is 5.84. The van der Waals surface area contributed by atoms with Crippen molar-refractivity contribution in [1.29, 1.82) is 0 Å². The highest BCUT2D eigenvalue weighted by atomic mass is 35.5. The van der Waals surface area contributed by atoms with Gasteiger partial charge in [0.2, 0.25) is 0 Å². The number of halogens is 2. The first-order chi connectivity index (χ1) is 10.5. The van der Waals surface area contributed by atoms with Crippen molar-refractivity contribution in [1.82, 2.24) is 0 Å². The molecule has 0 saturated carbocycles. The van der Waals surface area contributed by atoms with E-state index in [-0.39, 0.29) is 5.82 Å². The number of benzene rings is 2. The van der Waals surface area contributed by atoms with Gasteiger partial charge in [-0.2, -0.15) is 0 Å². The van der Waals surface area contributed by atoms with E-state index in [0.717, 1.165) is 22.3 Å². The van der Waals surface area contributed by atoms with Gasteiger partial charge in [-0.1, -0.05) is 49.7 Å². The minimum Gasteiger partial charge on any atom is -0.495 e. The molecule has 0 aliphatic carbocycles. The Morgan fingerprint density at radius 1 is 1.18 bits per heavy atom. The molecule has 0 fully saturated rings. The first-order valence-electron chi connectivity index (χ1n) is 7.28. The standard InChI is InChI=1S/C19H20ClFO/c1-5-6-15-16(12(2)3)11-17(20)19(22-4)18(15)13-7-9-14(21)10-8-13/h5-12H,1-4H3/b6-5+. The topological polar surface area (TPSA) is 9.23 Å². The van der Waals surface area contributed by atoms with Crippen molar-refractivity contribution in [3.63, 3.8) is 0 Å². The molecule has 0 amide bonds. The molecule has 2 aromatic carbocycles. The van der Waals surface area contributed by atoms with Crippen LogP contribution in [0.5, 0.6) is 5.75 Å². The van der Waals surface area contributed by atoms with Gasteiger partial charge in [0.1, 0.15) is 11.6 Å². The number of rotatable bonds is 4. The van der Waals surface area contributed by atoms with E-state index in [0.29, 0.717) is 16.7 Å². The van der Waals surface area contributed by atoms with E-state index in [1.54, 1.807) is 19.2 Å². The maximum absolute atomic E-state index is 13.2. The maximum atomic E-state index is 13.2. The molecule has 0 aliphatic heterocycles. The minimum atomic E-state index is -0.263. The van der Waals surface area contributed by atoms with Crippen LogP contribution in [-0.4, -0.2) is 7.11 Å². The van der Waals surface area contributed by atoms with Crippen LogP contribution in [0.1, 0.15) is 37.8 Å². The summed E-state index contributed by atoms with van der Waals surface area (Å²) in [4.78, 5) is 0. The number of allylic oxidation sites excluding steroid dienone is 1. The van der Waals surface area contributed by atoms with Gasteiger partial charge in [0.05, 0.1) is 12.1 Å². The largest absolute Gasteiger partial charge is 0.495 e. The molecule has 0 aliphatic rings. The summed E-state index contributed by atoms with van der Waals surface area (Å²) >= 11 is 6.41. The van der Waals surface area contributed by atoms with Crippen LogP contribution in [0.2, 0.25) is 5.02 Å². The average molecular weight is 319 g/mol. The summed E-state index contributed by atoms with van der Waals surface area (Å²) in [7, 11) is 1.60. The van der Waals surface area contributed by atoms with E-state index in [4.69, 9.17) is 16.3 Å². The highest BCUT2D eigenvalue weighted by Crippen LogP contribution is 2.43. The Labute approximate surface area is 136 Å². The summed E-state index contributed by atoms with van der Waals surface area (Å²) in [6.07, 6.45) is 4.04. The molecule has 22 heavy (non-hydrogen) atoms. The summed E-state index contributed by atoms with van der Waals surface area (Å²) in [5.41, 5.74) is 3.99. The van der Waals surface area contributed by atoms with E-state index in [2.05, 4.69) is 13.8 Å². The Balaban J connectivity index is 2.85. The predicted molar refractivity (Wildman–Crippen MR) is 92.2 cm³/mol. The van der Waals surface area contributed by atoms with E-state index in [1.165, 1.54) is 12.1 Å². The first kappa shape index (κ1) is 16.6. The van der Waals surface area contributed by atoms with Gasteiger partial charge in [0, 0.05) is 5.56 Å². The van der Waals surface area contributed by atoms with Gasteiger partial charge in [-0.05, 0) is 47.7 Å². The van der Waals surface area contributed by atoms with Crippen LogP contribution in [0.15, 0.2) is 36.4 Å². The normalized spacial score (nSPS) is 11.4. The van der Waals surface area contributed by atoms with Gasteiger partial charge in [0.15, 0.2) is 0 Å². The number of ether oxygens (including phenoxy) is 1. The average Bonchev–Trinajstić information content (AvgIpc) is 2.49. The zero-order valence-corrected chi connectivity index (χ0v) is 14.0. The molecule has 0 saturated heterocycles. The smallest absolute Gasteiger partial charge is 0.145 e. The van der Waals surface area contributed by atoms with Gasteiger partial charge in [-0.3, -0.25) is 0 Å². The van der Waals surface area contributed by atoms with E-state index < -0.39 is 0 Å². The van der Waals surface area contributed by atoms with Crippen LogP contribution < -0.4 is 4.74 Å². The Kier molecular flexibility index (Phi) is 5.25. The molecule has 0 N–H and O–H groups in total. The summed E-state index contributed by atoms with van der Waals surface area (Å²) in [5.74, 6) is 0.668. The lowest BCUT2D eigenvalue weighted by atomic mass is 9.89. The number of hydrogen-bond acceptors (Lipinski definition) is 1. The molecule has 1 nitrogen and oxygen atoms in total. The summed E-state index contributed by atoms with van der Waals surface area (Å²) in [6, 6.07) is 8.35. The van der Waals surface area contributed by atoms with Crippen molar-refractivity contribution in [2.45, 2.75) is 26.7 Å². The summed E-state index contributed by atoms with van der Waals surface area (Å²) in [5, 5.41) is 0.568. The second kappa shape index (κ2) is 6.97. The van der Waals surface area contributed by atoms with E-state index in [9.17, 15) is 4.39 Å².